The van der Waals surface area contributed by atoms with Crippen molar-refractivity contribution in [2.24, 2.45) is 0 Å². The first-order valence-corrected chi connectivity index (χ1v) is 9.20. The van der Waals surface area contributed by atoms with E-state index in [9.17, 15) is 9.18 Å². The molecule has 0 saturated heterocycles. The Morgan fingerprint density at radius 3 is 2.52 bits per heavy atom. The van der Waals surface area contributed by atoms with E-state index in [1.165, 1.54) is 12.1 Å². The zero-order valence-electron chi connectivity index (χ0n) is 15.9. The minimum absolute atomic E-state index is 0.200. The van der Waals surface area contributed by atoms with Crippen LogP contribution in [-0.4, -0.2) is 40.7 Å². The smallest absolute Gasteiger partial charge is 0.257 e. The van der Waals surface area contributed by atoms with Crippen molar-refractivity contribution in [3.8, 4) is 5.69 Å². The van der Waals surface area contributed by atoms with Crippen molar-refractivity contribution in [3.05, 3.63) is 59.9 Å². The Bertz CT molecular complexity index is 1190. The highest BCUT2D eigenvalue weighted by Crippen LogP contribution is 2.30. The molecule has 4 aromatic rings. The molecule has 0 radical (unpaired) electrons. The molecule has 2 heterocycles. The number of aromatic nitrogens is 3. The number of carbonyl (C=O) groups excluding carboxylic acids is 1. The Labute approximate surface area is 166 Å². The van der Waals surface area contributed by atoms with Gasteiger partial charge in [0, 0.05) is 25.9 Å². The van der Waals surface area contributed by atoms with Crippen LogP contribution in [0.5, 0.6) is 0 Å². The summed E-state index contributed by atoms with van der Waals surface area (Å²) in [6.07, 6.45) is 0.674. The highest BCUT2D eigenvalue weighted by Gasteiger charge is 2.24. The summed E-state index contributed by atoms with van der Waals surface area (Å²) < 4.78 is 20.1. The Hall–Kier alpha value is -3.52. The molecule has 0 bridgehead atoms. The van der Waals surface area contributed by atoms with E-state index in [0.29, 0.717) is 47.5 Å². The summed E-state index contributed by atoms with van der Waals surface area (Å²) >= 11 is 0. The molecule has 0 aliphatic carbocycles. The number of hydrogen-bond donors (Lipinski definition) is 2. The van der Waals surface area contributed by atoms with Gasteiger partial charge in [0.25, 0.3) is 5.91 Å². The molecule has 2 aromatic carbocycles. The number of methoxy groups -OCH3 is 1. The van der Waals surface area contributed by atoms with Crippen LogP contribution >= 0.6 is 0 Å². The molecule has 0 aliphatic heterocycles. The third-order valence-corrected chi connectivity index (χ3v) is 4.62. The first-order valence-electron chi connectivity index (χ1n) is 9.20. The molecule has 1 amide bonds. The van der Waals surface area contributed by atoms with Crippen LogP contribution in [0.15, 0.2) is 48.5 Å². The van der Waals surface area contributed by atoms with Gasteiger partial charge in [0.05, 0.1) is 11.0 Å². The third-order valence-electron chi connectivity index (χ3n) is 4.62. The van der Waals surface area contributed by atoms with Gasteiger partial charge >= 0.3 is 0 Å². The largest absolute Gasteiger partial charge is 0.385 e. The molecule has 148 valence electrons. The van der Waals surface area contributed by atoms with Crippen molar-refractivity contribution < 1.29 is 13.9 Å². The van der Waals surface area contributed by atoms with Crippen LogP contribution < -0.4 is 11.1 Å². The van der Waals surface area contributed by atoms with E-state index < -0.39 is 0 Å². The number of rotatable bonds is 6. The number of ether oxygens (including phenoxy) is 1. The number of para-hydroxylation sites is 2. The van der Waals surface area contributed by atoms with Crippen molar-refractivity contribution in [2.75, 3.05) is 26.0 Å². The third kappa shape index (κ3) is 3.50. The maximum Gasteiger partial charge on any atom is 0.257 e. The number of amides is 1. The van der Waals surface area contributed by atoms with E-state index in [-0.39, 0.29) is 23.1 Å². The molecule has 0 atom stereocenters. The predicted molar refractivity (Wildman–Crippen MR) is 110 cm³/mol. The van der Waals surface area contributed by atoms with Crippen LogP contribution in [0.4, 0.5) is 10.2 Å². The van der Waals surface area contributed by atoms with Gasteiger partial charge in [-0.15, -0.1) is 0 Å². The normalized spacial score (nSPS) is 11.2. The number of benzene rings is 2. The lowest BCUT2D eigenvalue weighted by Gasteiger charge is -2.08. The lowest BCUT2D eigenvalue weighted by molar-refractivity contribution is 0.0951. The fourth-order valence-corrected chi connectivity index (χ4v) is 3.24. The van der Waals surface area contributed by atoms with Crippen LogP contribution in [0.3, 0.4) is 0 Å². The predicted octanol–water partition coefficient (Wildman–Crippen LogP) is 3.06. The Morgan fingerprint density at radius 2 is 1.83 bits per heavy atom. The fourth-order valence-electron chi connectivity index (χ4n) is 3.24. The number of nitrogens with zero attached hydrogens (tertiary/aromatic N) is 3. The summed E-state index contributed by atoms with van der Waals surface area (Å²) in [6.45, 7) is 0.980. The second-order valence-electron chi connectivity index (χ2n) is 6.56. The van der Waals surface area contributed by atoms with Gasteiger partial charge in [-0.1, -0.05) is 12.1 Å². The zero-order valence-corrected chi connectivity index (χ0v) is 15.9. The molecular formula is C21H20FN5O2. The number of carbonyl (C=O) groups is 1. The van der Waals surface area contributed by atoms with Crippen LogP contribution in [0.1, 0.15) is 16.8 Å². The first-order chi connectivity index (χ1) is 14.1. The second kappa shape index (κ2) is 7.84. The standard InChI is InChI=1S/C21H20FN5O2/c1-29-12-4-11-24-21(28)17-18-20(26-16-6-3-2-5-15(16)25-18)27(19(17)23)14-9-7-13(22)8-10-14/h2-3,5-10H,4,11-12,23H2,1H3,(H,24,28). The molecule has 3 N–H and O–H groups in total. The molecule has 29 heavy (non-hydrogen) atoms. The van der Waals surface area contributed by atoms with Crippen molar-refractivity contribution in [2.45, 2.75) is 6.42 Å². The van der Waals surface area contributed by atoms with Gasteiger partial charge in [0.2, 0.25) is 0 Å². The highest BCUT2D eigenvalue weighted by molar-refractivity contribution is 6.11. The number of nitrogens with one attached hydrogen (secondary N) is 1. The maximum absolute atomic E-state index is 13.4. The van der Waals surface area contributed by atoms with E-state index in [4.69, 9.17) is 10.5 Å². The first kappa shape index (κ1) is 18.8. The number of nitrogen functional groups attached to an aromatic ring is 1. The highest BCUT2D eigenvalue weighted by atomic mass is 19.1. The van der Waals surface area contributed by atoms with Crippen LogP contribution in [0.2, 0.25) is 0 Å². The van der Waals surface area contributed by atoms with Gasteiger partial charge < -0.3 is 15.8 Å². The molecule has 4 rings (SSSR count). The maximum atomic E-state index is 13.4. The average molecular weight is 393 g/mol. The van der Waals surface area contributed by atoms with Crippen LogP contribution in [-0.2, 0) is 4.74 Å². The molecule has 2 aromatic heterocycles. The van der Waals surface area contributed by atoms with Crippen LogP contribution in [0.25, 0.3) is 27.9 Å². The van der Waals surface area contributed by atoms with Crippen LogP contribution in [0, 0.1) is 5.82 Å². The van der Waals surface area contributed by atoms with E-state index >= 15 is 0 Å². The summed E-state index contributed by atoms with van der Waals surface area (Å²) in [5.41, 5.74) is 9.40. The van der Waals surface area contributed by atoms with E-state index in [1.807, 2.05) is 24.3 Å². The van der Waals surface area contributed by atoms with Gasteiger partial charge in [-0.2, -0.15) is 0 Å². The Morgan fingerprint density at radius 1 is 1.14 bits per heavy atom. The molecule has 8 heteroatoms. The van der Waals surface area contributed by atoms with E-state index in [2.05, 4.69) is 15.3 Å². The second-order valence-corrected chi connectivity index (χ2v) is 6.56. The topological polar surface area (TPSA) is 95.1 Å². The molecular weight excluding hydrogens is 373 g/mol. The van der Waals surface area contributed by atoms with E-state index in [1.54, 1.807) is 23.8 Å². The van der Waals surface area contributed by atoms with Gasteiger partial charge in [-0.25, -0.2) is 14.4 Å². The minimum Gasteiger partial charge on any atom is -0.385 e. The molecule has 0 fully saturated rings. The molecule has 0 spiro atoms. The number of fused-ring (bicyclic) bond motifs is 2. The number of hydrogen-bond acceptors (Lipinski definition) is 5. The lowest BCUT2D eigenvalue weighted by atomic mass is 10.2. The quantitative estimate of drug-likeness (QED) is 0.491. The van der Waals surface area contributed by atoms with Gasteiger partial charge in [0.15, 0.2) is 5.65 Å². The van der Waals surface area contributed by atoms with Gasteiger partial charge in [-0.05, 0) is 42.8 Å². The van der Waals surface area contributed by atoms with Crippen molar-refractivity contribution in [1.29, 1.82) is 0 Å². The molecule has 0 aliphatic rings. The van der Waals surface area contributed by atoms with Crippen molar-refractivity contribution in [3.63, 3.8) is 0 Å². The average Bonchev–Trinajstić information content (AvgIpc) is 3.01. The molecule has 7 nitrogen and oxygen atoms in total. The Kier molecular flexibility index (Phi) is 5.09. The number of anilines is 1. The summed E-state index contributed by atoms with van der Waals surface area (Å²) in [4.78, 5) is 22.2. The monoisotopic (exact) mass is 393 g/mol. The zero-order chi connectivity index (χ0) is 20.4. The van der Waals surface area contributed by atoms with E-state index in [0.717, 1.165) is 0 Å². The summed E-state index contributed by atoms with van der Waals surface area (Å²) in [7, 11) is 1.61. The fraction of sp³-hybridized carbons (Fsp3) is 0.190. The molecule has 0 unspecified atom stereocenters. The van der Waals surface area contributed by atoms with Gasteiger partial charge in [-0.3, -0.25) is 9.36 Å². The number of halogens is 1. The summed E-state index contributed by atoms with van der Waals surface area (Å²) in [6, 6.07) is 13.2. The Balaban J connectivity index is 1.89. The van der Waals surface area contributed by atoms with Crippen molar-refractivity contribution in [1.82, 2.24) is 19.9 Å². The lowest BCUT2D eigenvalue weighted by Crippen LogP contribution is -2.26. The SMILES string of the molecule is COCCCNC(=O)c1c(N)n(-c2ccc(F)cc2)c2nc3ccccc3nc12. The number of nitrogens with two attached hydrogens (primary N) is 1. The summed E-state index contributed by atoms with van der Waals surface area (Å²) in [5, 5.41) is 2.85. The van der Waals surface area contributed by atoms with Gasteiger partial charge in [0.1, 0.15) is 22.7 Å². The summed E-state index contributed by atoms with van der Waals surface area (Å²) in [5.74, 6) is -0.503. The minimum atomic E-state index is -0.364. The molecule has 0 saturated carbocycles. The van der Waals surface area contributed by atoms with Crippen molar-refractivity contribution >= 4 is 33.9 Å².